The number of halogens is 3. The van der Waals surface area contributed by atoms with Crippen LogP contribution < -0.4 is 0 Å². The molecular formula is C17H14Cl3NO3. The zero-order valence-corrected chi connectivity index (χ0v) is 14.8. The fraction of sp³-hybridized carbons (Fsp3) is 0.235. The van der Waals surface area contributed by atoms with E-state index in [9.17, 15) is 9.90 Å². The number of benzene rings is 2. The molecule has 1 atom stereocenters. The van der Waals surface area contributed by atoms with Crippen LogP contribution in [0.2, 0.25) is 15.1 Å². The second-order valence-electron chi connectivity index (χ2n) is 5.40. The fourth-order valence-electron chi connectivity index (χ4n) is 2.64. The van der Waals surface area contributed by atoms with Crippen molar-refractivity contribution in [1.82, 2.24) is 4.90 Å². The van der Waals surface area contributed by atoms with Gasteiger partial charge in [0.15, 0.2) is 0 Å². The molecule has 0 bridgehead atoms. The zero-order valence-electron chi connectivity index (χ0n) is 12.5. The Morgan fingerprint density at radius 1 is 1.17 bits per heavy atom. The topological polar surface area (TPSA) is 49.8 Å². The molecule has 3 rings (SSSR count). The van der Waals surface area contributed by atoms with Crippen LogP contribution in [-0.4, -0.2) is 35.6 Å². The first kappa shape index (κ1) is 17.4. The highest BCUT2D eigenvalue weighted by molar-refractivity contribution is 6.45. The Kier molecular flexibility index (Phi) is 5.21. The van der Waals surface area contributed by atoms with E-state index in [2.05, 4.69) is 0 Å². The second kappa shape index (κ2) is 7.19. The Hall–Kier alpha value is -1.46. The molecule has 1 aliphatic heterocycles. The van der Waals surface area contributed by atoms with E-state index in [0.717, 1.165) is 5.56 Å². The average molecular weight is 387 g/mol. The monoisotopic (exact) mass is 385 g/mol. The third-order valence-electron chi connectivity index (χ3n) is 3.88. The van der Waals surface area contributed by atoms with Crippen molar-refractivity contribution < 1.29 is 14.6 Å². The summed E-state index contributed by atoms with van der Waals surface area (Å²) in [5.74, 6) is -0.787. The van der Waals surface area contributed by atoms with Gasteiger partial charge in [-0.3, -0.25) is 4.79 Å². The molecule has 2 aromatic rings. The van der Waals surface area contributed by atoms with Crippen molar-refractivity contribution in [2.24, 2.45) is 0 Å². The summed E-state index contributed by atoms with van der Waals surface area (Å²) in [7, 11) is 0. The lowest BCUT2D eigenvalue weighted by molar-refractivity contribution is -0.0229. The van der Waals surface area contributed by atoms with Gasteiger partial charge in [0.05, 0.1) is 28.2 Å². The zero-order chi connectivity index (χ0) is 17.3. The minimum Gasteiger partial charge on any atom is -0.505 e. The molecule has 1 aliphatic rings. The minimum atomic E-state index is -0.425. The highest BCUT2D eigenvalue weighted by Crippen LogP contribution is 2.39. The largest absolute Gasteiger partial charge is 0.505 e. The number of nitrogens with zero attached hydrogens (tertiary/aromatic N) is 1. The summed E-state index contributed by atoms with van der Waals surface area (Å²) in [6.45, 7) is 1.13. The van der Waals surface area contributed by atoms with Gasteiger partial charge in [-0.25, -0.2) is 0 Å². The van der Waals surface area contributed by atoms with Crippen LogP contribution in [0.1, 0.15) is 22.0 Å². The number of morpholine rings is 1. The third-order valence-corrected chi connectivity index (χ3v) is 4.96. The highest BCUT2D eigenvalue weighted by atomic mass is 35.5. The Morgan fingerprint density at radius 3 is 2.58 bits per heavy atom. The van der Waals surface area contributed by atoms with Crippen LogP contribution in [0, 0.1) is 0 Å². The Morgan fingerprint density at radius 2 is 1.88 bits per heavy atom. The maximum Gasteiger partial charge on any atom is 0.259 e. The quantitative estimate of drug-likeness (QED) is 0.769. The van der Waals surface area contributed by atoms with E-state index in [1.165, 1.54) is 6.07 Å². The van der Waals surface area contributed by atoms with Gasteiger partial charge in [-0.2, -0.15) is 0 Å². The van der Waals surface area contributed by atoms with Crippen LogP contribution >= 0.6 is 34.8 Å². The van der Waals surface area contributed by atoms with Gasteiger partial charge in [-0.1, -0.05) is 65.1 Å². The number of carbonyl (C=O) groups excluding carboxylic acids is 1. The number of hydrogen-bond donors (Lipinski definition) is 1. The summed E-state index contributed by atoms with van der Waals surface area (Å²) >= 11 is 18.0. The molecule has 4 nitrogen and oxygen atoms in total. The molecule has 0 aliphatic carbocycles. The number of ether oxygens (including phenoxy) is 1. The molecule has 1 saturated heterocycles. The molecule has 1 amide bonds. The summed E-state index contributed by atoms with van der Waals surface area (Å²) < 4.78 is 5.75. The molecule has 1 fully saturated rings. The van der Waals surface area contributed by atoms with E-state index in [0.29, 0.717) is 19.7 Å². The average Bonchev–Trinajstić information content (AvgIpc) is 2.61. The van der Waals surface area contributed by atoms with E-state index in [4.69, 9.17) is 39.5 Å². The molecule has 1 unspecified atom stereocenters. The van der Waals surface area contributed by atoms with Crippen molar-refractivity contribution >= 4 is 40.7 Å². The summed E-state index contributed by atoms with van der Waals surface area (Å²) in [6.07, 6.45) is -0.237. The van der Waals surface area contributed by atoms with Crippen LogP contribution in [-0.2, 0) is 4.74 Å². The number of carbonyl (C=O) groups is 1. The first-order valence-electron chi connectivity index (χ1n) is 7.31. The lowest BCUT2D eigenvalue weighted by atomic mass is 10.1. The van der Waals surface area contributed by atoms with Gasteiger partial charge < -0.3 is 14.7 Å². The van der Waals surface area contributed by atoms with Crippen molar-refractivity contribution in [1.29, 1.82) is 0 Å². The van der Waals surface area contributed by atoms with Crippen molar-refractivity contribution in [3.8, 4) is 5.75 Å². The number of phenolic OH excluding ortho intramolecular Hbond substituents is 1. The number of amides is 1. The molecule has 0 saturated carbocycles. The smallest absolute Gasteiger partial charge is 0.259 e. The molecule has 126 valence electrons. The van der Waals surface area contributed by atoms with Gasteiger partial charge in [-0.05, 0) is 11.6 Å². The number of phenols is 1. The van der Waals surface area contributed by atoms with Gasteiger partial charge in [0.2, 0.25) is 0 Å². The standard InChI is InChI=1S/C17H14Cl3NO3/c18-11-8-12(19)16(22)14(15(11)20)17(23)21-6-7-24-13(9-21)10-4-2-1-3-5-10/h1-5,8,13,22H,6-7,9H2. The lowest BCUT2D eigenvalue weighted by Crippen LogP contribution is -2.42. The number of aromatic hydroxyl groups is 1. The molecule has 0 radical (unpaired) electrons. The molecule has 2 aromatic carbocycles. The molecule has 1 N–H and O–H groups in total. The van der Waals surface area contributed by atoms with Crippen LogP contribution in [0.15, 0.2) is 36.4 Å². The van der Waals surface area contributed by atoms with Crippen LogP contribution in [0.3, 0.4) is 0 Å². The van der Waals surface area contributed by atoms with Crippen LogP contribution in [0.4, 0.5) is 0 Å². The predicted octanol–water partition coefficient (Wildman–Crippen LogP) is 4.57. The van der Waals surface area contributed by atoms with E-state index >= 15 is 0 Å². The second-order valence-corrected chi connectivity index (χ2v) is 6.59. The SMILES string of the molecule is O=C(c1c(O)c(Cl)cc(Cl)c1Cl)N1CCOC(c2ccccc2)C1. The molecule has 1 heterocycles. The van der Waals surface area contributed by atoms with E-state index in [-0.39, 0.29) is 32.5 Å². The molecular weight excluding hydrogens is 373 g/mol. The fourth-order valence-corrected chi connectivity index (χ4v) is 3.33. The summed E-state index contributed by atoms with van der Waals surface area (Å²) in [5, 5.41) is 10.2. The summed E-state index contributed by atoms with van der Waals surface area (Å²) in [6, 6.07) is 10.9. The van der Waals surface area contributed by atoms with E-state index in [1.54, 1.807) is 4.90 Å². The van der Waals surface area contributed by atoms with Gasteiger partial charge in [-0.15, -0.1) is 0 Å². The van der Waals surface area contributed by atoms with Crippen molar-refractivity contribution in [3.63, 3.8) is 0 Å². The highest BCUT2D eigenvalue weighted by Gasteiger charge is 2.30. The van der Waals surface area contributed by atoms with Gasteiger partial charge >= 0.3 is 0 Å². The maximum absolute atomic E-state index is 12.8. The maximum atomic E-state index is 12.8. The van der Waals surface area contributed by atoms with E-state index in [1.807, 2.05) is 30.3 Å². The molecule has 0 spiro atoms. The van der Waals surface area contributed by atoms with Gasteiger partial charge in [0.25, 0.3) is 5.91 Å². The van der Waals surface area contributed by atoms with Gasteiger partial charge in [0.1, 0.15) is 17.4 Å². The first-order chi connectivity index (χ1) is 11.5. The third kappa shape index (κ3) is 3.33. The van der Waals surface area contributed by atoms with Crippen molar-refractivity contribution in [3.05, 3.63) is 62.6 Å². The summed E-state index contributed by atoms with van der Waals surface area (Å²) in [4.78, 5) is 14.4. The van der Waals surface area contributed by atoms with Crippen LogP contribution in [0.5, 0.6) is 5.75 Å². The van der Waals surface area contributed by atoms with E-state index < -0.39 is 5.91 Å². The summed E-state index contributed by atoms with van der Waals surface area (Å²) in [5.41, 5.74) is 0.900. The Bertz CT molecular complexity index is 741. The predicted molar refractivity (Wildman–Crippen MR) is 94.2 cm³/mol. The molecule has 24 heavy (non-hydrogen) atoms. The normalized spacial score (nSPS) is 17.8. The minimum absolute atomic E-state index is 0.00804. The van der Waals surface area contributed by atoms with Gasteiger partial charge in [0, 0.05) is 6.54 Å². The Balaban J connectivity index is 1.88. The number of rotatable bonds is 2. The lowest BCUT2D eigenvalue weighted by Gasteiger charge is -2.33. The first-order valence-corrected chi connectivity index (χ1v) is 8.44. The Labute approximate surface area is 154 Å². The van der Waals surface area contributed by atoms with Crippen molar-refractivity contribution in [2.45, 2.75) is 6.10 Å². The number of hydrogen-bond acceptors (Lipinski definition) is 3. The van der Waals surface area contributed by atoms with Crippen LogP contribution in [0.25, 0.3) is 0 Å². The van der Waals surface area contributed by atoms with Crippen molar-refractivity contribution in [2.75, 3.05) is 19.7 Å². The molecule has 0 aromatic heterocycles. The molecule has 7 heteroatoms.